The van der Waals surface area contributed by atoms with Crippen molar-refractivity contribution in [1.82, 2.24) is 29.7 Å². The van der Waals surface area contributed by atoms with Gasteiger partial charge < -0.3 is 20.1 Å². The van der Waals surface area contributed by atoms with Gasteiger partial charge in [-0.2, -0.15) is 14.9 Å². The third-order valence-corrected chi connectivity index (χ3v) is 4.64. The number of ether oxygens (including phenoxy) is 2. The molecule has 13 nitrogen and oxygen atoms in total. The molecule has 0 amide bonds. The third kappa shape index (κ3) is 6.50. The maximum Gasteiger partial charge on any atom is 0.287 e. The van der Waals surface area contributed by atoms with Gasteiger partial charge in [0.25, 0.3) is 11.9 Å². The van der Waals surface area contributed by atoms with Gasteiger partial charge in [0.15, 0.2) is 5.82 Å². The summed E-state index contributed by atoms with van der Waals surface area (Å²) in [6.45, 7) is 4.23. The van der Waals surface area contributed by atoms with Crippen molar-refractivity contribution in [2.24, 2.45) is 10.2 Å². The number of nitrogens with one attached hydrogen (secondary N) is 2. The van der Waals surface area contributed by atoms with Crippen LogP contribution >= 0.6 is 0 Å². The van der Waals surface area contributed by atoms with Crippen LogP contribution < -0.4 is 10.6 Å². The zero-order chi connectivity index (χ0) is 24.2. The Balaban J connectivity index is 1.89. The average Bonchev–Trinajstić information content (AvgIpc) is 3.34. The average molecular weight is 466 g/mol. The van der Waals surface area contributed by atoms with Gasteiger partial charge in [0, 0.05) is 58.5 Å². The standard InChI is InChI=1S/C21H27N11O2/c1-15-16(13-22)18(23-9-5-11-33-2)28-19(24-10-6-12-34-3)17(15)29-30-20-27-14-32(31-20)21-25-7-4-8-26-21/h4,7-8,14H,5-6,9-12H2,1-3H3,(H2,23,24,28)/b30-29+. The van der Waals surface area contributed by atoms with Crippen molar-refractivity contribution in [2.45, 2.75) is 19.8 Å². The Morgan fingerprint density at radius 1 is 1.00 bits per heavy atom. The number of hydrogen-bond acceptors (Lipinski definition) is 12. The van der Waals surface area contributed by atoms with Crippen LogP contribution in [0.5, 0.6) is 0 Å². The first-order chi connectivity index (χ1) is 16.7. The molecule has 3 heterocycles. The molecule has 0 aliphatic heterocycles. The van der Waals surface area contributed by atoms with Crippen LogP contribution in [0.15, 0.2) is 35.0 Å². The number of pyridine rings is 1. The number of azo groups is 1. The lowest BCUT2D eigenvalue weighted by molar-refractivity contribution is 0.197. The van der Waals surface area contributed by atoms with E-state index in [9.17, 15) is 5.26 Å². The molecule has 13 heteroatoms. The highest BCUT2D eigenvalue weighted by Gasteiger charge is 2.17. The SMILES string of the molecule is COCCCNc1nc(NCCCOC)c(/N=N/c2ncn(-c3ncccn3)n2)c(C)c1C#N. The Kier molecular flexibility index (Phi) is 9.32. The number of hydrogen-bond donors (Lipinski definition) is 2. The summed E-state index contributed by atoms with van der Waals surface area (Å²) < 4.78 is 11.6. The van der Waals surface area contributed by atoms with Gasteiger partial charge in [-0.1, -0.05) is 0 Å². The van der Waals surface area contributed by atoms with Gasteiger partial charge in [0.2, 0.25) is 0 Å². The van der Waals surface area contributed by atoms with Gasteiger partial charge in [-0.15, -0.1) is 15.3 Å². The largest absolute Gasteiger partial charge is 0.385 e. The van der Waals surface area contributed by atoms with Gasteiger partial charge in [0.05, 0.1) is 5.56 Å². The normalized spacial score (nSPS) is 11.0. The fourth-order valence-electron chi connectivity index (χ4n) is 2.95. The topological polar surface area (TPSA) is 160 Å². The monoisotopic (exact) mass is 465 g/mol. The molecule has 0 fully saturated rings. The highest BCUT2D eigenvalue weighted by atomic mass is 16.5. The van der Waals surface area contributed by atoms with Crippen LogP contribution in [-0.2, 0) is 9.47 Å². The molecule has 2 N–H and O–H groups in total. The Hall–Kier alpha value is -4.02. The molecular weight excluding hydrogens is 438 g/mol. The molecule has 3 rings (SSSR count). The van der Waals surface area contributed by atoms with Crippen LogP contribution in [0, 0.1) is 18.3 Å². The molecule has 0 aliphatic carbocycles. The fraction of sp³-hybridized carbons (Fsp3) is 0.429. The molecule has 0 bridgehead atoms. The molecule has 0 radical (unpaired) electrons. The van der Waals surface area contributed by atoms with Crippen LogP contribution in [0.2, 0.25) is 0 Å². The van der Waals surface area contributed by atoms with Crippen molar-refractivity contribution in [3.63, 3.8) is 0 Å². The molecule has 178 valence electrons. The van der Waals surface area contributed by atoms with E-state index >= 15 is 0 Å². The fourth-order valence-corrected chi connectivity index (χ4v) is 2.95. The Labute approximate surface area is 197 Å². The minimum absolute atomic E-state index is 0.123. The van der Waals surface area contributed by atoms with Crippen LogP contribution in [-0.4, -0.2) is 70.2 Å². The maximum atomic E-state index is 9.77. The number of rotatable bonds is 13. The van der Waals surface area contributed by atoms with Crippen LogP contribution in [0.3, 0.4) is 0 Å². The molecule has 0 atom stereocenters. The molecule has 34 heavy (non-hydrogen) atoms. The quantitative estimate of drug-likeness (QED) is 0.283. The molecular formula is C21H27N11O2. The summed E-state index contributed by atoms with van der Waals surface area (Å²) in [6, 6.07) is 3.92. The van der Waals surface area contributed by atoms with Crippen LogP contribution in [0.4, 0.5) is 23.3 Å². The summed E-state index contributed by atoms with van der Waals surface area (Å²) >= 11 is 0. The van der Waals surface area contributed by atoms with Crippen molar-refractivity contribution in [2.75, 3.05) is 51.2 Å². The zero-order valence-electron chi connectivity index (χ0n) is 19.4. The van der Waals surface area contributed by atoms with E-state index in [1.54, 1.807) is 39.6 Å². The number of nitriles is 1. The van der Waals surface area contributed by atoms with E-state index in [0.717, 1.165) is 12.8 Å². The lowest BCUT2D eigenvalue weighted by Crippen LogP contribution is -2.12. The molecule has 0 saturated heterocycles. The predicted molar refractivity (Wildman–Crippen MR) is 125 cm³/mol. The first-order valence-corrected chi connectivity index (χ1v) is 10.7. The molecule has 0 aliphatic rings. The van der Waals surface area contributed by atoms with Gasteiger partial charge in [0.1, 0.15) is 23.9 Å². The summed E-state index contributed by atoms with van der Waals surface area (Å²) in [5.74, 6) is 1.47. The minimum Gasteiger partial charge on any atom is -0.385 e. The molecule has 0 spiro atoms. The lowest BCUT2D eigenvalue weighted by atomic mass is 10.1. The van der Waals surface area contributed by atoms with Crippen molar-refractivity contribution in [3.8, 4) is 12.0 Å². The van der Waals surface area contributed by atoms with Gasteiger partial charge in [-0.25, -0.2) is 15.0 Å². The minimum atomic E-state index is 0.123. The molecule has 0 saturated carbocycles. The highest BCUT2D eigenvalue weighted by molar-refractivity contribution is 5.74. The Morgan fingerprint density at radius 3 is 2.32 bits per heavy atom. The highest BCUT2D eigenvalue weighted by Crippen LogP contribution is 2.34. The lowest BCUT2D eigenvalue weighted by Gasteiger charge is -2.15. The summed E-state index contributed by atoms with van der Waals surface area (Å²) in [4.78, 5) is 17.0. The zero-order valence-corrected chi connectivity index (χ0v) is 19.4. The molecule has 3 aromatic heterocycles. The molecule has 0 unspecified atom stereocenters. The van der Waals surface area contributed by atoms with Crippen LogP contribution in [0.25, 0.3) is 5.95 Å². The van der Waals surface area contributed by atoms with E-state index in [-0.39, 0.29) is 5.95 Å². The smallest absolute Gasteiger partial charge is 0.287 e. The molecule has 3 aromatic rings. The summed E-state index contributed by atoms with van der Waals surface area (Å²) in [5, 5.41) is 29.0. The molecule has 0 aromatic carbocycles. The second kappa shape index (κ2) is 12.9. The van der Waals surface area contributed by atoms with E-state index in [0.29, 0.717) is 60.7 Å². The number of methoxy groups -OCH3 is 2. The number of nitrogens with zero attached hydrogens (tertiary/aromatic N) is 9. The summed E-state index contributed by atoms with van der Waals surface area (Å²) in [7, 11) is 3.30. The van der Waals surface area contributed by atoms with Gasteiger partial charge in [-0.3, -0.25) is 0 Å². The first-order valence-electron chi connectivity index (χ1n) is 10.7. The van der Waals surface area contributed by atoms with Gasteiger partial charge in [-0.05, 0) is 25.8 Å². The van der Waals surface area contributed by atoms with E-state index in [1.165, 1.54) is 11.0 Å². The van der Waals surface area contributed by atoms with Crippen LogP contribution in [0.1, 0.15) is 24.0 Å². The van der Waals surface area contributed by atoms with Crippen molar-refractivity contribution in [3.05, 3.63) is 35.9 Å². The van der Waals surface area contributed by atoms with Crippen molar-refractivity contribution >= 4 is 23.3 Å². The summed E-state index contributed by atoms with van der Waals surface area (Å²) in [5.41, 5.74) is 1.46. The first kappa shape index (κ1) is 24.6. The summed E-state index contributed by atoms with van der Waals surface area (Å²) in [6.07, 6.45) is 6.21. The maximum absolute atomic E-state index is 9.77. The van der Waals surface area contributed by atoms with E-state index in [4.69, 9.17) is 9.47 Å². The predicted octanol–water partition coefficient (Wildman–Crippen LogP) is 2.94. The second-order valence-electron chi connectivity index (χ2n) is 7.05. The van der Waals surface area contributed by atoms with Crippen molar-refractivity contribution < 1.29 is 9.47 Å². The van der Waals surface area contributed by atoms with E-state index in [2.05, 4.69) is 52.0 Å². The Bertz CT molecular complexity index is 1130. The third-order valence-electron chi connectivity index (χ3n) is 4.64. The van der Waals surface area contributed by atoms with Crippen molar-refractivity contribution in [1.29, 1.82) is 5.26 Å². The number of anilines is 2. The number of aromatic nitrogens is 6. The van der Waals surface area contributed by atoms with Gasteiger partial charge >= 0.3 is 0 Å². The second-order valence-corrected chi connectivity index (χ2v) is 7.05. The van der Waals surface area contributed by atoms with E-state index in [1.807, 2.05) is 0 Å². The Morgan fingerprint density at radius 2 is 1.68 bits per heavy atom. The van der Waals surface area contributed by atoms with E-state index < -0.39 is 0 Å².